The quantitative estimate of drug-likeness (QED) is 0.868. The van der Waals surface area contributed by atoms with E-state index in [1.54, 1.807) is 0 Å². The fourth-order valence-corrected chi connectivity index (χ4v) is 1.27. The monoisotopic (exact) mass is 247 g/mol. The van der Waals surface area contributed by atoms with Crippen molar-refractivity contribution in [3.8, 4) is 5.75 Å². The molecule has 16 heavy (non-hydrogen) atoms. The van der Waals surface area contributed by atoms with E-state index in [4.69, 9.17) is 22.1 Å². The van der Waals surface area contributed by atoms with Crippen LogP contribution < -0.4 is 10.5 Å². The molecule has 0 heterocycles. The molecule has 5 heteroatoms. The first kappa shape index (κ1) is 12.9. The molecule has 0 radical (unpaired) electrons. The van der Waals surface area contributed by atoms with E-state index in [9.17, 15) is 8.78 Å². The lowest BCUT2D eigenvalue weighted by molar-refractivity contribution is 0.317. The van der Waals surface area contributed by atoms with Gasteiger partial charge in [0.2, 0.25) is 0 Å². The number of hydrogen-bond acceptors (Lipinski definition) is 2. The molecule has 88 valence electrons. The van der Waals surface area contributed by atoms with Crippen molar-refractivity contribution >= 4 is 11.6 Å². The first-order chi connectivity index (χ1) is 7.54. The highest BCUT2D eigenvalue weighted by molar-refractivity contribution is 6.29. The highest BCUT2D eigenvalue weighted by atomic mass is 35.5. The number of hydrogen-bond donors (Lipinski definition) is 1. The normalized spacial score (nSPS) is 10.2. The van der Waals surface area contributed by atoms with Crippen LogP contribution in [-0.2, 0) is 6.42 Å². The fraction of sp³-hybridized carbons (Fsp3) is 0.273. The third kappa shape index (κ3) is 3.47. The molecular formula is C11H12ClF2NO. The summed E-state index contributed by atoms with van der Waals surface area (Å²) < 4.78 is 31.7. The number of nitrogens with two attached hydrogens (primary N) is 1. The predicted octanol–water partition coefficient (Wildman–Crippen LogP) is 2.60. The highest BCUT2D eigenvalue weighted by Crippen LogP contribution is 2.24. The van der Waals surface area contributed by atoms with Crippen LogP contribution in [0.4, 0.5) is 8.78 Å². The first-order valence-electron chi connectivity index (χ1n) is 4.68. The van der Waals surface area contributed by atoms with Crippen LogP contribution in [0.25, 0.3) is 0 Å². The Bertz CT molecular complexity index is 373. The van der Waals surface area contributed by atoms with Gasteiger partial charge >= 0.3 is 0 Å². The predicted molar refractivity (Wildman–Crippen MR) is 59.6 cm³/mol. The molecule has 0 amide bonds. The molecule has 1 rings (SSSR count). The minimum Gasteiger partial charge on any atom is -0.482 e. The van der Waals surface area contributed by atoms with Gasteiger partial charge in [-0.25, -0.2) is 8.78 Å². The van der Waals surface area contributed by atoms with Crippen LogP contribution in [0.3, 0.4) is 0 Å². The van der Waals surface area contributed by atoms with E-state index >= 15 is 0 Å². The lowest BCUT2D eigenvalue weighted by atomic mass is 10.1. The third-order valence-electron chi connectivity index (χ3n) is 1.86. The van der Waals surface area contributed by atoms with Crippen LogP contribution in [0, 0.1) is 11.6 Å². The Hall–Kier alpha value is -1.13. The summed E-state index contributed by atoms with van der Waals surface area (Å²) in [6.45, 7) is 3.55. The zero-order chi connectivity index (χ0) is 12.1. The van der Waals surface area contributed by atoms with Crippen molar-refractivity contribution in [1.82, 2.24) is 0 Å². The molecular weight excluding hydrogens is 236 g/mol. The Balaban J connectivity index is 2.89. The molecule has 0 aliphatic rings. The summed E-state index contributed by atoms with van der Waals surface area (Å²) in [6.07, 6.45) is 0.413. The van der Waals surface area contributed by atoms with Gasteiger partial charge in [0.05, 0.1) is 0 Å². The molecule has 0 aliphatic heterocycles. The second kappa shape index (κ2) is 5.82. The van der Waals surface area contributed by atoms with E-state index in [1.807, 2.05) is 0 Å². The first-order valence-corrected chi connectivity index (χ1v) is 5.06. The Morgan fingerprint density at radius 3 is 2.38 bits per heavy atom. The van der Waals surface area contributed by atoms with Gasteiger partial charge in [0.15, 0.2) is 17.4 Å². The topological polar surface area (TPSA) is 35.2 Å². The van der Waals surface area contributed by atoms with Crippen molar-refractivity contribution in [3.63, 3.8) is 0 Å². The van der Waals surface area contributed by atoms with Gasteiger partial charge in [-0.05, 0) is 30.7 Å². The van der Waals surface area contributed by atoms with E-state index in [2.05, 4.69) is 6.58 Å². The van der Waals surface area contributed by atoms with Crippen molar-refractivity contribution in [2.45, 2.75) is 6.42 Å². The fourth-order valence-electron chi connectivity index (χ4n) is 1.21. The molecule has 0 aliphatic carbocycles. The zero-order valence-electron chi connectivity index (χ0n) is 8.60. The van der Waals surface area contributed by atoms with Gasteiger partial charge in [0.25, 0.3) is 0 Å². The lowest BCUT2D eigenvalue weighted by Gasteiger charge is -2.09. The van der Waals surface area contributed by atoms with Gasteiger partial charge in [-0.3, -0.25) is 0 Å². The van der Waals surface area contributed by atoms with E-state index in [1.165, 1.54) is 12.1 Å². The van der Waals surface area contributed by atoms with Crippen molar-refractivity contribution in [3.05, 3.63) is 40.9 Å². The molecule has 0 spiro atoms. The lowest BCUT2D eigenvalue weighted by Crippen LogP contribution is -2.06. The van der Waals surface area contributed by atoms with Crippen molar-refractivity contribution in [1.29, 1.82) is 0 Å². The second-order valence-corrected chi connectivity index (χ2v) is 3.77. The van der Waals surface area contributed by atoms with Gasteiger partial charge in [-0.2, -0.15) is 0 Å². The standard InChI is InChI=1S/C11H12ClF2NO/c1-7(12)6-16-11-9(13)4-8(2-3-15)5-10(11)14/h4-5H,1-3,6,15H2. The van der Waals surface area contributed by atoms with Gasteiger partial charge in [0, 0.05) is 5.03 Å². The maximum absolute atomic E-state index is 13.4. The average Bonchev–Trinajstić information content (AvgIpc) is 2.16. The molecule has 2 nitrogen and oxygen atoms in total. The van der Waals surface area contributed by atoms with Crippen molar-refractivity contribution in [2.24, 2.45) is 5.73 Å². The minimum absolute atomic E-state index is 0.133. The second-order valence-electron chi connectivity index (χ2n) is 3.23. The molecule has 0 saturated carbocycles. The van der Waals surface area contributed by atoms with Crippen LogP contribution in [0.5, 0.6) is 5.75 Å². The van der Waals surface area contributed by atoms with Gasteiger partial charge < -0.3 is 10.5 Å². The smallest absolute Gasteiger partial charge is 0.191 e. The molecule has 0 aromatic heterocycles. The molecule has 2 N–H and O–H groups in total. The Kier molecular flexibility index (Phi) is 4.71. The minimum atomic E-state index is -0.763. The Labute approximate surface area is 97.7 Å². The van der Waals surface area contributed by atoms with Gasteiger partial charge in [-0.15, -0.1) is 0 Å². The van der Waals surface area contributed by atoms with Crippen LogP contribution >= 0.6 is 11.6 Å². The third-order valence-corrected chi connectivity index (χ3v) is 1.97. The summed E-state index contributed by atoms with van der Waals surface area (Å²) in [5.74, 6) is -1.97. The van der Waals surface area contributed by atoms with Gasteiger partial charge in [-0.1, -0.05) is 18.2 Å². The van der Waals surface area contributed by atoms with Crippen LogP contribution in [0.1, 0.15) is 5.56 Å². The summed E-state index contributed by atoms with van der Waals surface area (Å²) in [6, 6.07) is 2.39. The van der Waals surface area contributed by atoms with Crippen LogP contribution in [0.15, 0.2) is 23.7 Å². The largest absolute Gasteiger partial charge is 0.482 e. The maximum Gasteiger partial charge on any atom is 0.191 e. The van der Waals surface area contributed by atoms with Crippen LogP contribution in [-0.4, -0.2) is 13.2 Å². The van der Waals surface area contributed by atoms with Gasteiger partial charge in [0.1, 0.15) is 6.61 Å². The molecule has 0 bridgehead atoms. The highest BCUT2D eigenvalue weighted by Gasteiger charge is 2.12. The summed E-state index contributed by atoms with van der Waals surface area (Å²) in [5, 5.41) is 0.171. The number of halogens is 3. The number of ether oxygens (including phenoxy) is 1. The maximum atomic E-state index is 13.4. The Morgan fingerprint density at radius 2 is 1.94 bits per heavy atom. The molecule has 1 aromatic rings. The number of rotatable bonds is 5. The summed E-state index contributed by atoms with van der Waals surface area (Å²) in [7, 11) is 0. The molecule has 0 saturated heterocycles. The van der Waals surface area contributed by atoms with E-state index in [0.717, 1.165) is 0 Å². The number of benzene rings is 1. The zero-order valence-corrected chi connectivity index (χ0v) is 9.36. The van der Waals surface area contributed by atoms with Crippen molar-refractivity contribution < 1.29 is 13.5 Å². The SMILES string of the molecule is C=C(Cl)COc1c(F)cc(CCN)cc1F. The van der Waals surface area contributed by atoms with E-state index in [-0.39, 0.29) is 11.6 Å². The molecule has 1 aromatic carbocycles. The summed E-state index contributed by atoms with van der Waals surface area (Å²) in [5.41, 5.74) is 5.79. The molecule has 0 atom stereocenters. The van der Waals surface area contributed by atoms with E-state index < -0.39 is 17.4 Å². The molecule has 0 fully saturated rings. The van der Waals surface area contributed by atoms with E-state index in [0.29, 0.717) is 18.5 Å². The van der Waals surface area contributed by atoms with Crippen LogP contribution in [0.2, 0.25) is 0 Å². The summed E-state index contributed by atoms with van der Waals surface area (Å²) >= 11 is 5.43. The van der Waals surface area contributed by atoms with Crippen molar-refractivity contribution in [2.75, 3.05) is 13.2 Å². The summed E-state index contributed by atoms with van der Waals surface area (Å²) in [4.78, 5) is 0. The average molecular weight is 248 g/mol. The Morgan fingerprint density at radius 1 is 1.38 bits per heavy atom. The molecule has 0 unspecified atom stereocenters.